The molecule has 0 aromatic rings. The van der Waals surface area contributed by atoms with Gasteiger partial charge in [-0.05, 0) is 55.3 Å². The lowest BCUT2D eigenvalue weighted by molar-refractivity contribution is 0.365. The third-order valence-electron chi connectivity index (χ3n) is 3.92. The first-order valence-corrected chi connectivity index (χ1v) is 7.84. The average Bonchev–Trinajstić information content (AvgIpc) is 2.19. The fourth-order valence-corrected chi connectivity index (χ4v) is 5.11. The summed E-state index contributed by atoms with van der Waals surface area (Å²) in [4.78, 5) is 0. The van der Waals surface area contributed by atoms with E-state index in [1.807, 2.05) is 0 Å². The van der Waals surface area contributed by atoms with Crippen LogP contribution in [0.25, 0.3) is 0 Å². The topological polar surface area (TPSA) is 0 Å². The quantitative estimate of drug-likeness (QED) is 0.525. The van der Waals surface area contributed by atoms with Gasteiger partial charge < -0.3 is 0 Å². The molecule has 2 aliphatic heterocycles. The summed E-state index contributed by atoms with van der Waals surface area (Å²) in [6, 6.07) is 0. The van der Waals surface area contributed by atoms with Crippen LogP contribution < -0.4 is 0 Å². The van der Waals surface area contributed by atoms with Gasteiger partial charge in [-0.15, -0.1) is 0 Å². The lowest BCUT2D eigenvalue weighted by Gasteiger charge is -2.20. The third kappa shape index (κ3) is 2.65. The molecule has 0 amide bonds. The maximum absolute atomic E-state index is 2.52. The van der Waals surface area contributed by atoms with Crippen molar-refractivity contribution in [3.8, 4) is 0 Å². The van der Waals surface area contributed by atoms with Gasteiger partial charge in [0.2, 0.25) is 0 Å². The first-order chi connectivity index (χ1) is 6.36. The van der Waals surface area contributed by atoms with Crippen molar-refractivity contribution in [1.29, 1.82) is 0 Å². The molecule has 1 heteroatoms. The van der Waals surface area contributed by atoms with Gasteiger partial charge in [-0.3, -0.25) is 0 Å². The van der Waals surface area contributed by atoms with Crippen LogP contribution in [0.3, 0.4) is 0 Å². The lowest BCUT2D eigenvalue weighted by atomic mass is 9.88. The second-order valence-electron chi connectivity index (χ2n) is 4.89. The molecule has 2 bridgehead atoms. The lowest BCUT2D eigenvalue weighted by Crippen LogP contribution is -2.23. The standard InChI is InChI=1S/C12H23S/c1-13-10-4-7-11-5-2-8-12(13)9-3-6-11/h11-12H,2-10H2,1H3/q+1. The van der Waals surface area contributed by atoms with Gasteiger partial charge in [-0.2, -0.15) is 0 Å². The van der Waals surface area contributed by atoms with Crippen LogP contribution in [0, 0.1) is 5.92 Å². The van der Waals surface area contributed by atoms with Crippen molar-refractivity contribution in [3.05, 3.63) is 0 Å². The molecule has 0 aromatic heterocycles. The highest BCUT2D eigenvalue weighted by Crippen LogP contribution is 2.31. The fraction of sp³-hybridized carbons (Fsp3) is 1.00. The van der Waals surface area contributed by atoms with Gasteiger partial charge in [0.05, 0.1) is 6.26 Å². The van der Waals surface area contributed by atoms with Gasteiger partial charge in [0.25, 0.3) is 0 Å². The Hall–Kier alpha value is 0.350. The van der Waals surface area contributed by atoms with Gasteiger partial charge in [0.1, 0.15) is 11.0 Å². The predicted octanol–water partition coefficient (Wildman–Crippen LogP) is 3.37. The molecule has 0 N–H and O–H groups in total. The summed E-state index contributed by atoms with van der Waals surface area (Å²) in [7, 11) is 0.759. The second kappa shape index (κ2) is 4.72. The van der Waals surface area contributed by atoms with Crippen molar-refractivity contribution >= 4 is 10.9 Å². The van der Waals surface area contributed by atoms with E-state index >= 15 is 0 Å². The minimum Gasteiger partial charge on any atom is -0.0503 e. The molecular formula is C12H23S+. The zero-order valence-corrected chi connectivity index (χ0v) is 9.74. The van der Waals surface area contributed by atoms with Crippen LogP contribution in [0.1, 0.15) is 51.4 Å². The summed E-state index contributed by atoms with van der Waals surface area (Å²) in [6.07, 6.45) is 14.9. The summed E-state index contributed by atoms with van der Waals surface area (Å²) in [5.74, 6) is 2.65. The predicted molar refractivity (Wildman–Crippen MR) is 62.4 cm³/mol. The Morgan fingerprint density at radius 2 is 1.46 bits per heavy atom. The highest BCUT2D eigenvalue weighted by atomic mass is 32.2. The average molecular weight is 199 g/mol. The first-order valence-electron chi connectivity index (χ1n) is 5.97. The van der Waals surface area contributed by atoms with E-state index in [0.717, 1.165) is 22.1 Å². The van der Waals surface area contributed by atoms with Crippen LogP contribution in [0.4, 0.5) is 0 Å². The van der Waals surface area contributed by atoms with Crippen LogP contribution in [-0.2, 0) is 10.9 Å². The molecule has 1 saturated carbocycles. The summed E-state index contributed by atoms with van der Waals surface area (Å²) in [6.45, 7) is 0. The van der Waals surface area contributed by atoms with E-state index in [-0.39, 0.29) is 0 Å². The largest absolute Gasteiger partial charge is 0.118 e. The van der Waals surface area contributed by atoms with Crippen molar-refractivity contribution in [2.75, 3.05) is 12.0 Å². The van der Waals surface area contributed by atoms with Gasteiger partial charge in [0.15, 0.2) is 0 Å². The Morgan fingerprint density at radius 1 is 0.846 bits per heavy atom. The van der Waals surface area contributed by atoms with Gasteiger partial charge in [-0.1, -0.05) is 12.8 Å². The Morgan fingerprint density at radius 3 is 2.15 bits per heavy atom. The van der Waals surface area contributed by atoms with Crippen molar-refractivity contribution in [2.24, 2.45) is 5.92 Å². The smallest absolute Gasteiger partial charge is 0.0503 e. The van der Waals surface area contributed by atoms with Crippen molar-refractivity contribution in [3.63, 3.8) is 0 Å². The van der Waals surface area contributed by atoms with E-state index in [1.165, 1.54) is 19.3 Å². The van der Waals surface area contributed by atoms with Gasteiger partial charge in [0, 0.05) is 0 Å². The summed E-state index contributed by atoms with van der Waals surface area (Å²) in [5, 5.41) is 1.11. The molecule has 76 valence electrons. The normalized spacial score (nSPS) is 41.8. The summed E-state index contributed by atoms with van der Waals surface area (Å²) < 4.78 is 0. The molecule has 1 atom stereocenters. The van der Waals surface area contributed by atoms with Crippen LogP contribution in [0.15, 0.2) is 0 Å². The zero-order chi connectivity index (χ0) is 9.10. The molecule has 2 saturated heterocycles. The first kappa shape index (κ1) is 9.89. The maximum Gasteiger partial charge on any atom is 0.118 e. The fourth-order valence-electron chi connectivity index (χ4n) is 3.01. The number of fused-ring (bicyclic) bond motifs is 7. The van der Waals surface area contributed by atoms with E-state index in [1.54, 1.807) is 37.9 Å². The molecular weight excluding hydrogens is 176 g/mol. The molecule has 1 aliphatic carbocycles. The molecule has 0 nitrogen and oxygen atoms in total. The Balaban J connectivity index is 2.02. The molecule has 1 unspecified atom stereocenters. The van der Waals surface area contributed by atoms with E-state index in [9.17, 15) is 0 Å². The van der Waals surface area contributed by atoms with Crippen LogP contribution in [0.2, 0.25) is 0 Å². The van der Waals surface area contributed by atoms with Crippen molar-refractivity contribution in [2.45, 2.75) is 56.6 Å². The van der Waals surface area contributed by atoms with Crippen molar-refractivity contribution in [1.82, 2.24) is 0 Å². The molecule has 0 spiro atoms. The molecule has 0 radical (unpaired) electrons. The molecule has 13 heavy (non-hydrogen) atoms. The Bertz CT molecular complexity index is 145. The number of rotatable bonds is 0. The highest BCUT2D eigenvalue weighted by molar-refractivity contribution is 7.96. The molecule has 2 heterocycles. The second-order valence-corrected chi connectivity index (χ2v) is 7.34. The van der Waals surface area contributed by atoms with E-state index < -0.39 is 0 Å². The molecule has 3 aliphatic rings. The van der Waals surface area contributed by atoms with Gasteiger partial charge in [-0.25, -0.2) is 0 Å². The summed E-state index contributed by atoms with van der Waals surface area (Å²) >= 11 is 0. The zero-order valence-electron chi connectivity index (χ0n) is 8.93. The van der Waals surface area contributed by atoms with Gasteiger partial charge >= 0.3 is 0 Å². The number of hydrogen-bond donors (Lipinski definition) is 0. The monoisotopic (exact) mass is 199 g/mol. The highest BCUT2D eigenvalue weighted by Gasteiger charge is 2.29. The molecule has 3 fully saturated rings. The Labute approximate surface area is 85.8 Å². The van der Waals surface area contributed by atoms with Crippen molar-refractivity contribution < 1.29 is 0 Å². The molecule has 0 aromatic carbocycles. The molecule has 3 rings (SSSR count). The maximum atomic E-state index is 2.52. The van der Waals surface area contributed by atoms with Crippen LogP contribution in [-0.4, -0.2) is 17.3 Å². The third-order valence-corrected chi connectivity index (χ3v) is 6.47. The van der Waals surface area contributed by atoms with Crippen LogP contribution >= 0.6 is 0 Å². The Kier molecular flexibility index (Phi) is 3.59. The summed E-state index contributed by atoms with van der Waals surface area (Å²) in [5.41, 5.74) is 0. The van der Waals surface area contributed by atoms with Crippen LogP contribution in [0.5, 0.6) is 0 Å². The van der Waals surface area contributed by atoms with E-state index in [0.29, 0.717) is 0 Å². The SMILES string of the molecule is C[S+]1CCCC2CCCC1CCC2. The minimum absolute atomic E-state index is 0.759. The number of hydrogen-bond acceptors (Lipinski definition) is 0. The van der Waals surface area contributed by atoms with E-state index in [2.05, 4.69) is 6.26 Å². The van der Waals surface area contributed by atoms with E-state index in [4.69, 9.17) is 0 Å². The minimum atomic E-state index is 0.759.